The molecule has 0 saturated carbocycles. The Bertz CT molecular complexity index is 287. The summed E-state index contributed by atoms with van der Waals surface area (Å²) in [7, 11) is 0. The standard InChI is InChI=1S/C10H16ClN3O/c1-8(5-11)3-2-4-12-10(15)9-6-13-14-7-9/h6-8H,2-5H2,1H3,(H,12,15)(H,13,14). The van der Waals surface area contributed by atoms with Crippen LogP contribution in [0.15, 0.2) is 12.4 Å². The van der Waals surface area contributed by atoms with Gasteiger partial charge in [0, 0.05) is 18.6 Å². The number of hydrogen-bond donors (Lipinski definition) is 2. The second-order valence-corrected chi connectivity index (χ2v) is 3.95. The normalized spacial score (nSPS) is 12.4. The topological polar surface area (TPSA) is 57.8 Å². The van der Waals surface area contributed by atoms with Gasteiger partial charge in [-0.2, -0.15) is 5.10 Å². The van der Waals surface area contributed by atoms with E-state index in [2.05, 4.69) is 22.4 Å². The van der Waals surface area contributed by atoms with Gasteiger partial charge in [-0.1, -0.05) is 6.92 Å². The molecule has 84 valence electrons. The average molecular weight is 230 g/mol. The van der Waals surface area contributed by atoms with Gasteiger partial charge in [-0.05, 0) is 18.8 Å². The van der Waals surface area contributed by atoms with Gasteiger partial charge in [0.25, 0.3) is 5.91 Å². The zero-order valence-corrected chi connectivity index (χ0v) is 9.55. The first-order chi connectivity index (χ1) is 7.24. The summed E-state index contributed by atoms with van der Waals surface area (Å²) in [6.45, 7) is 2.79. The van der Waals surface area contributed by atoms with Crippen LogP contribution in [0.3, 0.4) is 0 Å². The maximum absolute atomic E-state index is 11.4. The molecule has 0 radical (unpaired) electrons. The van der Waals surface area contributed by atoms with Crippen molar-refractivity contribution < 1.29 is 4.79 Å². The summed E-state index contributed by atoms with van der Waals surface area (Å²) in [4.78, 5) is 11.4. The fraction of sp³-hybridized carbons (Fsp3) is 0.600. The van der Waals surface area contributed by atoms with E-state index in [0.29, 0.717) is 23.9 Å². The van der Waals surface area contributed by atoms with E-state index in [1.54, 1.807) is 6.20 Å². The van der Waals surface area contributed by atoms with Gasteiger partial charge in [0.1, 0.15) is 0 Å². The highest BCUT2D eigenvalue weighted by atomic mass is 35.5. The summed E-state index contributed by atoms with van der Waals surface area (Å²) in [5.41, 5.74) is 0.570. The SMILES string of the molecule is CC(CCl)CCCNC(=O)c1cn[nH]c1. The molecule has 4 nitrogen and oxygen atoms in total. The van der Waals surface area contributed by atoms with Gasteiger partial charge in [0.15, 0.2) is 0 Å². The van der Waals surface area contributed by atoms with Crippen LogP contribution >= 0.6 is 11.6 Å². The molecule has 0 saturated heterocycles. The molecule has 2 N–H and O–H groups in total. The molecular formula is C10H16ClN3O. The zero-order chi connectivity index (χ0) is 11.1. The van der Waals surface area contributed by atoms with Crippen LogP contribution in [0.5, 0.6) is 0 Å². The third kappa shape index (κ3) is 4.34. The van der Waals surface area contributed by atoms with Crippen LogP contribution in [-0.4, -0.2) is 28.5 Å². The van der Waals surface area contributed by atoms with Crippen LogP contribution in [0.4, 0.5) is 0 Å². The molecule has 5 heteroatoms. The van der Waals surface area contributed by atoms with Gasteiger partial charge in [-0.3, -0.25) is 9.89 Å². The van der Waals surface area contributed by atoms with Crippen molar-refractivity contribution in [3.05, 3.63) is 18.0 Å². The Kier molecular flexibility index (Phi) is 5.18. The molecule has 0 aromatic carbocycles. The molecule has 1 heterocycles. The number of hydrogen-bond acceptors (Lipinski definition) is 2. The van der Waals surface area contributed by atoms with Crippen molar-refractivity contribution in [2.45, 2.75) is 19.8 Å². The number of rotatable bonds is 6. The molecule has 0 bridgehead atoms. The quantitative estimate of drug-likeness (QED) is 0.577. The van der Waals surface area contributed by atoms with Crippen molar-refractivity contribution in [1.82, 2.24) is 15.5 Å². The highest BCUT2D eigenvalue weighted by Gasteiger charge is 2.05. The highest BCUT2D eigenvalue weighted by Crippen LogP contribution is 2.06. The number of carbonyl (C=O) groups excluding carboxylic acids is 1. The minimum absolute atomic E-state index is 0.0812. The predicted molar refractivity (Wildman–Crippen MR) is 60.0 cm³/mol. The number of nitrogens with zero attached hydrogens (tertiary/aromatic N) is 1. The molecule has 1 aromatic rings. The monoisotopic (exact) mass is 229 g/mol. The third-order valence-electron chi connectivity index (χ3n) is 2.18. The van der Waals surface area contributed by atoms with Gasteiger partial charge in [0.2, 0.25) is 0 Å². The average Bonchev–Trinajstić information content (AvgIpc) is 2.77. The molecule has 0 fully saturated rings. The van der Waals surface area contributed by atoms with Gasteiger partial charge in [0.05, 0.1) is 11.8 Å². The minimum atomic E-state index is -0.0812. The van der Waals surface area contributed by atoms with Crippen molar-refractivity contribution in [3.63, 3.8) is 0 Å². The summed E-state index contributed by atoms with van der Waals surface area (Å²) >= 11 is 5.67. The predicted octanol–water partition coefficient (Wildman–Crippen LogP) is 1.79. The maximum Gasteiger partial charge on any atom is 0.254 e. The van der Waals surface area contributed by atoms with E-state index in [1.807, 2.05) is 0 Å². The second kappa shape index (κ2) is 6.45. The number of halogens is 1. The van der Waals surface area contributed by atoms with E-state index in [1.165, 1.54) is 6.20 Å². The summed E-state index contributed by atoms with van der Waals surface area (Å²) < 4.78 is 0. The number of aromatic amines is 1. The molecule has 1 rings (SSSR count). The lowest BCUT2D eigenvalue weighted by Crippen LogP contribution is -2.24. The fourth-order valence-electron chi connectivity index (χ4n) is 1.21. The van der Waals surface area contributed by atoms with Crippen LogP contribution < -0.4 is 5.32 Å². The first kappa shape index (κ1) is 12.0. The van der Waals surface area contributed by atoms with E-state index < -0.39 is 0 Å². The summed E-state index contributed by atoms with van der Waals surface area (Å²) in [6, 6.07) is 0. The van der Waals surface area contributed by atoms with E-state index in [0.717, 1.165) is 12.8 Å². The number of alkyl halides is 1. The Labute approximate surface area is 94.4 Å². The molecule has 15 heavy (non-hydrogen) atoms. The van der Waals surface area contributed by atoms with Crippen LogP contribution in [0.25, 0.3) is 0 Å². The van der Waals surface area contributed by atoms with Gasteiger partial charge in [-0.25, -0.2) is 0 Å². The highest BCUT2D eigenvalue weighted by molar-refractivity contribution is 6.18. The lowest BCUT2D eigenvalue weighted by atomic mass is 10.1. The maximum atomic E-state index is 11.4. The van der Waals surface area contributed by atoms with Gasteiger partial charge < -0.3 is 5.32 Å². The molecule has 0 aliphatic carbocycles. The van der Waals surface area contributed by atoms with E-state index in [-0.39, 0.29) is 5.91 Å². The number of carbonyl (C=O) groups is 1. The molecule has 1 unspecified atom stereocenters. The first-order valence-electron chi connectivity index (χ1n) is 5.07. The van der Waals surface area contributed by atoms with Crippen LogP contribution in [0.2, 0.25) is 0 Å². The molecule has 1 amide bonds. The van der Waals surface area contributed by atoms with Crippen molar-refractivity contribution in [3.8, 4) is 0 Å². The van der Waals surface area contributed by atoms with E-state index in [9.17, 15) is 4.79 Å². The van der Waals surface area contributed by atoms with E-state index >= 15 is 0 Å². The summed E-state index contributed by atoms with van der Waals surface area (Å²) in [5, 5.41) is 9.13. The number of nitrogens with one attached hydrogen (secondary N) is 2. The van der Waals surface area contributed by atoms with Crippen molar-refractivity contribution in [2.75, 3.05) is 12.4 Å². The Morgan fingerprint density at radius 2 is 2.53 bits per heavy atom. The molecule has 0 spiro atoms. The lowest BCUT2D eigenvalue weighted by molar-refractivity contribution is 0.0952. The summed E-state index contributed by atoms with van der Waals surface area (Å²) in [6.07, 6.45) is 5.08. The van der Waals surface area contributed by atoms with E-state index in [4.69, 9.17) is 11.6 Å². The number of amides is 1. The Morgan fingerprint density at radius 1 is 1.73 bits per heavy atom. The second-order valence-electron chi connectivity index (χ2n) is 3.64. The largest absolute Gasteiger partial charge is 0.352 e. The van der Waals surface area contributed by atoms with Gasteiger partial charge >= 0.3 is 0 Å². The van der Waals surface area contributed by atoms with Crippen molar-refractivity contribution in [1.29, 1.82) is 0 Å². The summed E-state index contributed by atoms with van der Waals surface area (Å²) in [5.74, 6) is 1.11. The molecular weight excluding hydrogens is 214 g/mol. The fourth-order valence-corrected chi connectivity index (χ4v) is 1.36. The van der Waals surface area contributed by atoms with Crippen LogP contribution in [0.1, 0.15) is 30.1 Å². The van der Waals surface area contributed by atoms with Gasteiger partial charge in [-0.15, -0.1) is 11.6 Å². The molecule has 1 aromatic heterocycles. The van der Waals surface area contributed by atoms with Crippen molar-refractivity contribution in [2.24, 2.45) is 5.92 Å². The van der Waals surface area contributed by atoms with Crippen LogP contribution in [-0.2, 0) is 0 Å². The molecule has 1 atom stereocenters. The Balaban J connectivity index is 2.13. The van der Waals surface area contributed by atoms with Crippen LogP contribution in [0, 0.1) is 5.92 Å². The smallest absolute Gasteiger partial charge is 0.254 e. The minimum Gasteiger partial charge on any atom is -0.352 e. The number of aromatic nitrogens is 2. The molecule has 0 aliphatic heterocycles. The lowest BCUT2D eigenvalue weighted by Gasteiger charge is -2.07. The third-order valence-corrected chi connectivity index (χ3v) is 2.71. The Hall–Kier alpha value is -1.03. The van der Waals surface area contributed by atoms with Crippen molar-refractivity contribution >= 4 is 17.5 Å². The molecule has 0 aliphatic rings. The first-order valence-corrected chi connectivity index (χ1v) is 5.60. The zero-order valence-electron chi connectivity index (χ0n) is 8.79. The number of H-pyrrole nitrogens is 1. The Morgan fingerprint density at radius 3 is 3.13 bits per heavy atom.